The SMILES string of the molecule is Fc1c(C2CCCCO2)c(Cl)n2nc(Cl)nc(NCc3ccsn3)c12. The second-order valence-corrected chi connectivity index (χ2v) is 7.07. The minimum atomic E-state index is -0.477. The molecule has 0 spiro atoms. The Kier molecular flexibility index (Phi) is 4.77. The van der Waals surface area contributed by atoms with E-state index in [0.29, 0.717) is 18.7 Å². The molecule has 1 fully saturated rings. The molecular formula is C15H14Cl2FN5OS. The van der Waals surface area contributed by atoms with E-state index in [2.05, 4.69) is 19.8 Å². The Balaban J connectivity index is 1.77. The van der Waals surface area contributed by atoms with Gasteiger partial charge in [-0.1, -0.05) is 11.6 Å². The van der Waals surface area contributed by atoms with Gasteiger partial charge in [0.15, 0.2) is 11.6 Å². The number of hydrogen-bond donors (Lipinski definition) is 1. The summed E-state index contributed by atoms with van der Waals surface area (Å²) in [6.07, 6.45) is 2.27. The van der Waals surface area contributed by atoms with E-state index in [4.69, 9.17) is 27.9 Å². The standard InChI is InChI=1S/C15H14Cl2FN5OS/c16-13-10(9-3-1-2-5-24-9)11(18)12-14(20-15(17)21-23(12)13)19-7-8-4-6-25-22-8/h4,6,9H,1-3,5,7H2,(H,19,20,21). The monoisotopic (exact) mass is 401 g/mol. The van der Waals surface area contributed by atoms with Crippen molar-refractivity contribution in [3.63, 3.8) is 0 Å². The molecule has 1 saturated heterocycles. The number of fused-ring (bicyclic) bond motifs is 1. The average Bonchev–Trinajstić information content (AvgIpc) is 3.21. The molecule has 1 aliphatic rings. The molecule has 1 unspecified atom stereocenters. The lowest BCUT2D eigenvalue weighted by Gasteiger charge is -2.22. The van der Waals surface area contributed by atoms with Gasteiger partial charge in [0.2, 0.25) is 5.28 Å². The summed E-state index contributed by atoms with van der Waals surface area (Å²) in [5.74, 6) is -0.205. The maximum atomic E-state index is 15.2. The Morgan fingerprint density at radius 2 is 2.28 bits per heavy atom. The first-order valence-corrected chi connectivity index (χ1v) is 9.42. The zero-order valence-electron chi connectivity index (χ0n) is 13.0. The lowest BCUT2D eigenvalue weighted by molar-refractivity contribution is 0.0131. The van der Waals surface area contributed by atoms with E-state index in [-0.39, 0.29) is 27.9 Å². The van der Waals surface area contributed by atoms with Crippen molar-refractivity contribution in [1.29, 1.82) is 0 Å². The van der Waals surface area contributed by atoms with Crippen LogP contribution in [-0.4, -0.2) is 25.6 Å². The van der Waals surface area contributed by atoms with Gasteiger partial charge in [0.25, 0.3) is 0 Å². The maximum absolute atomic E-state index is 15.2. The van der Waals surface area contributed by atoms with Crippen molar-refractivity contribution in [2.75, 3.05) is 11.9 Å². The van der Waals surface area contributed by atoms with Crippen LogP contribution in [0.15, 0.2) is 11.4 Å². The predicted molar refractivity (Wildman–Crippen MR) is 94.9 cm³/mol. The molecule has 10 heteroatoms. The minimum absolute atomic E-state index is 0.0266. The van der Waals surface area contributed by atoms with Crippen LogP contribution in [0.25, 0.3) is 5.52 Å². The number of hydrogen-bond acceptors (Lipinski definition) is 6. The van der Waals surface area contributed by atoms with Crippen LogP contribution in [0.1, 0.15) is 36.6 Å². The summed E-state index contributed by atoms with van der Waals surface area (Å²) < 4.78 is 26.4. The zero-order valence-corrected chi connectivity index (χ0v) is 15.3. The molecule has 132 valence electrons. The van der Waals surface area contributed by atoms with E-state index < -0.39 is 5.82 Å². The van der Waals surface area contributed by atoms with Crippen LogP contribution in [0.2, 0.25) is 10.4 Å². The third-order valence-corrected chi connectivity index (χ3v) is 5.23. The van der Waals surface area contributed by atoms with Gasteiger partial charge in [-0.15, -0.1) is 5.10 Å². The van der Waals surface area contributed by atoms with Crippen LogP contribution in [0.3, 0.4) is 0 Å². The molecule has 3 aromatic heterocycles. The van der Waals surface area contributed by atoms with Gasteiger partial charge in [-0.3, -0.25) is 0 Å². The molecule has 0 amide bonds. The van der Waals surface area contributed by atoms with E-state index in [1.807, 2.05) is 11.4 Å². The fourth-order valence-corrected chi connectivity index (χ4v) is 3.97. The molecule has 25 heavy (non-hydrogen) atoms. The van der Waals surface area contributed by atoms with Crippen molar-refractivity contribution in [3.8, 4) is 0 Å². The molecule has 0 aromatic carbocycles. The summed E-state index contributed by atoms with van der Waals surface area (Å²) in [5, 5.41) is 9.12. The van der Waals surface area contributed by atoms with Crippen LogP contribution >= 0.6 is 34.7 Å². The van der Waals surface area contributed by atoms with Gasteiger partial charge in [0.05, 0.1) is 23.9 Å². The topological polar surface area (TPSA) is 64.3 Å². The third kappa shape index (κ3) is 3.19. The molecule has 1 aliphatic heterocycles. The molecular weight excluding hydrogens is 388 g/mol. The minimum Gasteiger partial charge on any atom is -0.373 e. The number of nitrogens with one attached hydrogen (secondary N) is 1. The normalized spacial score (nSPS) is 18.0. The van der Waals surface area contributed by atoms with E-state index >= 15 is 4.39 Å². The Morgan fingerprint density at radius 1 is 1.40 bits per heavy atom. The largest absolute Gasteiger partial charge is 0.373 e. The molecule has 0 bridgehead atoms. The second kappa shape index (κ2) is 7.03. The van der Waals surface area contributed by atoms with Crippen LogP contribution in [0.5, 0.6) is 0 Å². The Hall–Kier alpha value is -1.48. The molecule has 4 rings (SSSR count). The molecule has 0 saturated carbocycles. The fourth-order valence-electron chi connectivity index (χ4n) is 2.94. The van der Waals surface area contributed by atoms with Gasteiger partial charge >= 0.3 is 0 Å². The second-order valence-electron chi connectivity index (χ2n) is 5.71. The number of ether oxygens (including phenoxy) is 1. The number of anilines is 1. The first-order valence-electron chi connectivity index (χ1n) is 7.83. The van der Waals surface area contributed by atoms with E-state index in [0.717, 1.165) is 25.0 Å². The van der Waals surface area contributed by atoms with Gasteiger partial charge in [-0.05, 0) is 48.5 Å². The molecule has 1 N–H and O–H groups in total. The quantitative estimate of drug-likeness (QED) is 0.697. The summed E-state index contributed by atoms with van der Waals surface area (Å²) in [6, 6.07) is 1.88. The molecule has 4 heterocycles. The smallest absolute Gasteiger partial charge is 0.243 e. The number of rotatable bonds is 4. The third-order valence-electron chi connectivity index (χ3n) is 4.11. The Morgan fingerprint density at radius 3 is 3.00 bits per heavy atom. The predicted octanol–water partition coefficient (Wildman–Crippen LogP) is 4.49. The highest BCUT2D eigenvalue weighted by Crippen LogP contribution is 2.39. The van der Waals surface area contributed by atoms with Crippen molar-refractivity contribution in [3.05, 3.63) is 39.0 Å². The van der Waals surface area contributed by atoms with Crippen LogP contribution in [-0.2, 0) is 11.3 Å². The van der Waals surface area contributed by atoms with Crippen LogP contribution < -0.4 is 5.32 Å². The van der Waals surface area contributed by atoms with Gasteiger partial charge in [0.1, 0.15) is 10.7 Å². The summed E-state index contributed by atoms with van der Waals surface area (Å²) in [4.78, 5) is 4.12. The Bertz CT molecular complexity index is 895. The average molecular weight is 402 g/mol. The molecule has 0 aliphatic carbocycles. The van der Waals surface area contributed by atoms with Gasteiger partial charge in [-0.25, -0.2) is 8.91 Å². The summed E-state index contributed by atoms with van der Waals surface area (Å²) in [7, 11) is 0. The molecule has 6 nitrogen and oxygen atoms in total. The first-order chi connectivity index (χ1) is 12.1. The van der Waals surface area contributed by atoms with E-state index in [9.17, 15) is 0 Å². The Labute approximate surface area is 157 Å². The number of halogens is 3. The van der Waals surface area contributed by atoms with Crippen LogP contribution in [0.4, 0.5) is 10.2 Å². The van der Waals surface area contributed by atoms with Crippen molar-refractivity contribution in [2.45, 2.75) is 31.9 Å². The molecule has 3 aromatic rings. The fraction of sp³-hybridized carbons (Fsp3) is 0.400. The highest BCUT2D eigenvalue weighted by Gasteiger charge is 2.29. The summed E-state index contributed by atoms with van der Waals surface area (Å²) in [6.45, 7) is 0.984. The van der Waals surface area contributed by atoms with Gasteiger partial charge in [-0.2, -0.15) is 9.36 Å². The van der Waals surface area contributed by atoms with E-state index in [1.54, 1.807) is 0 Å². The van der Waals surface area contributed by atoms with Crippen molar-refractivity contribution < 1.29 is 9.13 Å². The number of aromatic nitrogens is 4. The summed E-state index contributed by atoms with van der Waals surface area (Å²) >= 11 is 13.7. The van der Waals surface area contributed by atoms with Crippen molar-refractivity contribution in [2.24, 2.45) is 0 Å². The van der Waals surface area contributed by atoms with Gasteiger partial charge in [0, 0.05) is 12.0 Å². The molecule has 0 radical (unpaired) electrons. The highest BCUT2D eigenvalue weighted by molar-refractivity contribution is 7.03. The maximum Gasteiger partial charge on any atom is 0.243 e. The highest BCUT2D eigenvalue weighted by atomic mass is 35.5. The summed E-state index contributed by atoms with van der Waals surface area (Å²) in [5.41, 5.74) is 1.30. The van der Waals surface area contributed by atoms with Crippen LogP contribution in [0, 0.1) is 5.82 Å². The lowest BCUT2D eigenvalue weighted by Crippen LogP contribution is -2.12. The zero-order chi connectivity index (χ0) is 17.4. The lowest BCUT2D eigenvalue weighted by atomic mass is 10.0. The van der Waals surface area contributed by atoms with Crippen molar-refractivity contribution in [1.82, 2.24) is 19.0 Å². The first kappa shape index (κ1) is 17.0. The van der Waals surface area contributed by atoms with Crippen molar-refractivity contribution >= 4 is 46.1 Å². The van der Waals surface area contributed by atoms with Gasteiger partial charge < -0.3 is 10.1 Å². The number of nitrogens with zero attached hydrogens (tertiary/aromatic N) is 4. The van der Waals surface area contributed by atoms with E-state index in [1.165, 1.54) is 16.0 Å². The molecule has 1 atom stereocenters.